The Hall–Kier alpha value is -0.640. The van der Waals surface area contributed by atoms with Gasteiger partial charge in [0, 0.05) is 17.5 Å². The third-order valence-corrected chi connectivity index (χ3v) is 4.95. The van der Waals surface area contributed by atoms with E-state index in [-0.39, 0.29) is 15.8 Å². The van der Waals surface area contributed by atoms with E-state index in [1.54, 1.807) is 0 Å². The first-order chi connectivity index (χ1) is 9.85. The summed E-state index contributed by atoms with van der Waals surface area (Å²) in [5.41, 5.74) is -0.136. The van der Waals surface area contributed by atoms with Crippen LogP contribution >= 0.6 is 23.2 Å². The van der Waals surface area contributed by atoms with E-state index in [0.717, 1.165) is 25.8 Å². The van der Waals surface area contributed by atoms with E-state index in [4.69, 9.17) is 23.2 Å². The number of ketones is 1. The van der Waals surface area contributed by atoms with Crippen LogP contribution in [0.2, 0.25) is 10.0 Å². The molecule has 21 heavy (non-hydrogen) atoms. The van der Waals surface area contributed by atoms with E-state index in [0.29, 0.717) is 18.0 Å². The van der Waals surface area contributed by atoms with Gasteiger partial charge < -0.3 is 5.32 Å². The average Bonchev–Trinajstić information content (AvgIpc) is 2.91. The Morgan fingerprint density at radius 3 is 2.67 bits per heavy atom. The summed E-state index contributed by atoms with van der Waals surface area (Å²) in [6.07, 6.45) is 2.55. The zero-order valence-corrected chi connectivity index (χ0v) is 13.8. The Morgan fingerprint density at radius 2 is 2.14 bits per heavy atom. The van der Waals surface area contributed by atoms with Crippen LogP contribution in [-0.2, 0) is 0 Å². The number of carbonyl (C=O) groups is 1. The smallest absolute Gasteiger partial charge is 0.170 e. The normalized spacial score (nSPS) is 22.0. The van der Waals surface area contributed by atoms with Crippen LogP contribution in [0.3, 0.4) is 0 Å². The molecule has 0 bridgehead atoms. The van der Waals surface area contributed by atoms with Crippen molar-refractivity contribution < 1.29 is 9.18 Å². The largest absolute Gasteiger partial charge is 0.316 e. The van der Waals surface area contributed by atoms with E-state index in [1.165, 1.54) is 12.1 Å². The molecule has 0 saturated carbocycles. The molecule has 0 radical (unpaired) electrons. The highest BCUT2D eigenvalue weighted by molar-refractivity contribution is 6.42. The third-order valence-electron chi connectivity index (χ3n) is 4.17. The SMILES string of the molecule is CC(C)CC[C@]1(C(=O)c2cc(F)c(Cl)c(Cl)c2)CCNC1. The van der Waals surface area contributed by atoms with Crippen LogP contribution in [0.1, 0.15) is 43.5 Å². The van der Waals surface area contributed by atoms with Crippen molar-refractivity contribution in [2.24, 2.45) is 11.3 Å². The fourth-order valence-electron chi connectivity index (χ4n) is 2.82. The Balaban J connectivity index is 2.30. The lowest BCUT2D eigenvalue weighted by molar-refractivity contribution is 0.0794. The van der Waals surface area contributed by atoms with Crippen LogP contribution in [0.4, 0.5) is 4.39 Å². The Bertz CT molecular complexity index is 516. The average molecular weight is 332 g/mol. The fraction of sp³-hybridized carbons (Fsp3) is 0.562. The molecule has 0 amide bonds. The number of hydrogen-bond donors (Lipinski definition) is 1. The summed E-state index contributed by atoms with van der Waals surface area (Å²) in [6.45, 7) is 5.73. The monoisotopic (exact) mass is 331 g/mol. The van der Waals surface area contributed by atoms with E-state index >= 15 is 0 Å². The Morgan fingerprint density at radius 1 is 1.43 bits per heavy atom. The minimum Gasteiger partial charge on any atom is -0.316 e. The van der Waals surface area contributed by atoms with Gasteiger partial charge in [-0.3, -0.25) is 4.79 Å². The lowest BCUT2D eigenvalue weighted by Gasteiger charge is -2.27. The van der Waals surface area contributed by atoms with Crippen molar-refractivity contribution in [3.63, 3.8) is 0 Å². The summed E-state index contributed by atoms with van der Waals surface area (Å²) in [6, 6.07) is 2.68. The van der Waals surface area contributed by atoms with Crippen LogP contribution in [-0.4, -0.2) is 18.9 Å². The molecular formula is C16H20Cl2FNO. The molecule has 2 rings (SSSR count). The highest BCUT2D eigenvalue weighted by atomic mass is 35.5. The molecule has 1 aromatic rings. The molecule has 1 aliphatic heterocycles. The van der Waals surface area contributed by atoms with Crippen molar-refractivity contribution in [2.75, 3.05) is 13.1 Å². The first-order valence-electron chi connectivity index (χ1n) is 7.26. The summed E-state index contributed by atoms with van der Waals surface area (Å²) >= 11 is 11.6. The van der Waals surface area contributed by atoms with Crippen LogP contribution < -0.4 is 5.32 Å². The van der Waals surface area contributed by atoms with Crippen molar-refractivity contribution in [1.82, 2.24) is 5.32 Å². The predicted octanol–water partition coefficient (Wildman–Crippen LogP) is 4.73. The molecule has 5 heteroatoms. The number of carbonyl (C=O) groups excluding carboxylic acids is 1. The molecule has 1 saturated heterocycles. The number of nitrogens with one attached hydrogen (secondary N) is 1. The molecule has 1 atom stereocenters. The summed E-state index contributed by atoms with van der Waals surface area (Å²) < 4.78 is 13.7. The van der Waals surface area contributed by atoms with Crippen molar-refractivity contribution in [3.05, 3.63) is 33.6 Å². The van der Waals surface area contributed by atoms with E-state index in [9.17, 15) is 9.18 Å². The van der Waals surface area contributed by atoms with Gasteiger partial charge in [0.2, 0.25) is 0 Å². The van der Waals surface area contributed by atoms with Gasteiger partial charge in [-0.05, 0) is 43.9 Å². The van der Waals surface area contributed by atoms with Gasteiger partial charge >= 0.3 is 0 Å². The second-order valence-corrected chi connectivity index (χ2v) is 7.01. The molecule has 1 aromatic carbocycles. The third kappa shape index (κ3) is 3.58. The summed E-state index contributed by atoms with van der Waals surface area (Å²) in [7, 11) is 0. The maximum absolute atomic E-state index is 13.7. The summed E-state index contributed by atoms with van der Waals surface area (Å²) in [4.78, 5) is 12.9. The zero-order valence-electron chi connectivity index (χ0n) is 12.3. The van der Waals surface area contributed by atoms with Gasteiger partial charge in [0.1, 0.15) is 5.82 Å². The molecule has 1 aliphatic rings. The maximum atomic E-state index is 13.7. The van der Waals surface area contributed by atoms with Crippen LogP contribution in [0, 0.1) is 17.2 Å². The summed E-state index contributed by atoms with van der Waals surface area (Å²) in [5.74, 6) is -0.149. The Kier molecular flexibility index (Phi) is 5.29. The van der Waals surface area contributed by atoms with Crippen molar-refractivity contribution in [3.8, 4) is 0 Å². The number of rotatable bonds is 5. The number of benzene rings is 1. The first-order valence-corrected chi connectivity index (χ1v) is 8.01. The molecule has 0 unspecified atom stereocenters. The van der Waals surface area contributed by atoms with E-state index in [2.05, 4.69) is 19.2 Å². The molecule has 2 nitrogen and oxygen atoms in total. The topological polar surface area (TPSA) is 29.1 Å². The van der Waals surface area contributed by atoms with Crippen molar-refractivity contribution in [1.29, 1.82) is 0 Å². The van der Waals surface area contributed by atoms with Gasteiger partial charge in [-0.1, -0.05) is 37.0 Å². The van der Waals surface area contributed by atoms with E-state index < -0.39 is 11.2 Å². The van der Waals surface area contributed by atoms with Crippen LogP contribution in [0.15, 0.2) is 12.1 Å². The molecular weight excluding hydrogens is 312 g/mol. The molecule has 116 valence electrons. The van der Waals surface area contributed by atoms with Crippen molar-refractivity contribution >= 4 is 29.0 Å². The highest BCUT2D eigenvalue weighted by Gasteiger charge is 2.41. The molecule has 0 aliphatic carbocycles. The number of Topliss-reactive ketones (excluding diaryl/α,β-unsaturated/α-hetero) is 1. The molecule has 1 N–H and O–H groups in total. The minimum atomic E-state index is -0.641. The standard InChI is InChI=1S/C16H20Cl2FNO/c1-10(2)3-4-16(5-6-20-9-16)15(21)11-7-12(17)14(18)13(19)8-11/h7-8,10,20H,3-6,9H2,1-2H3/t16-/m0/s1. The maximum Gasteiger partial charge on any atom is 0.170 e. The van der Waals surface area contributed by atoms with Gasteiger partial charge in [0.25, 0.3) is 0 Å². The molecule has 1 heterocycles. The molecule has 0 spiro atoms. The molecule has 0 aromatic heterocycles. The number of halogens is 3. The Labute approximate surface area is 135 Å². The second kappa shape index (κ2) is 6.64. The van der Waals surface area contributed by atoms with Crippen LogP contribution in [0.5, 0.6) is 0 Å². The van der Waals surface area contributed by atoms with Crippen LogP contribution in [0.25, 0.3) is 0 Å². The first kappa shape index (κ1) is 16.7. The second-order valence-electron chi connectivity index (χ2n) is 6.22. The van der Waals surface area contributed by atoms with Gasteiger partial charge in [0.15, 0.2) is 5.78 Å². The van der Waals surface area contributed by atoms with E-state index in [1.807, 2.05) is 0 Å². The van der Waals surface area contributed by atoms with Gasteiger partial charge in [0.05, 0.1) is 10.0 Å². The zero-order chi connectivity index (χ0) is 15.6. The van der Waals surface area contributed by atoms with Crippen molar-refractivity contribution in [2.45, 2.75) is 33.1 Å². The predicted molar refractivity (Wildman–Crippen MR) is 84.7 cm³/mol. The van der Waals surface area contributed by atoms with Gasteiger partial charge in [-0.15, -0.1) is 0 Å². The lowest BCUT2D eigenvalue weighted by atomic mass is 9.75. The summed E-state index contributed by atoms with van der Waals surface area (Å²) in [5, 5.41) is 3.21. The molecule has 1 fully saturated rings. The minimum absolute atomic E-state index is 0.0365. The fourth-order valence-corrected chi connectivity index (χ4v) is 3.14. The quantitative estimate of drug-likeness (QED) is 0.624. The lowest BCUT2D eigenvalue weighted by Crippen LogP contribution is -2.34. The highest BCUT2D eigenvalue weighted by Crippen LogP contribution is 2.37. The van der Waals surface area contributed by atoms with Gasteiger partial charge in [-0.2, -0.15) is 0 Å². The number of hydrogen-bond acceptors (Lipinski definition) is 2. The van der Waals surface area contributed by atoms with Gasteiger partial charge in [-0.25, -0.2) is 4.39 Å².